The van der Waals surface area contributed by atoms with Gasteiger partial charge in [-0.1, -0.05) is 31.1 Å². The number of rotatable bonds is 12. The molecule has 36 heavy (non-hydrogen) atoms. The first-order valence-corrected chi connectivity index (χ1v) is 14.1. The van der Waals surface area contributed by atoms with Crippen molar-refractivity contribution in [2.45, 2.75) is 70.8 Å². The van der Waals surface area contributed by atoms with Gasteiger partial charge in [-0.05, 0) is 57.9 Å². The molecule has 0 bridgehead atoms. The minimum atomic E-state index is -3.96. The predicted molar refractivity (Wildman–Crippen MR) is 141 cm³/mol. The molecule has 0 aliphatic carbocycles. The van der Waals surface area contributed by atoms with Gasteiger partial charge < -0.3 is 20.1 Å². The van der Waals surface area contributed by atoms with Gasteiger partial charge in [-0.25, -0.2) is 22.9 Å². The third kappa shape index (κ3) is 9.07. The highest BCUT2D eigenvalue weighted by Gasteiger charge is 2.22. The molecule has 3 N–H and O–H groups in total. The van der Waals surface area contributed by atoms with Crippen LogP contribution < -0.4 is 20.1 Å². The number of hydrogen-bond acceptors (Lipinski definition) is 8. The molecule has 2 rings (SSSR count). The molecule has 1 aromatic heterocycles. The van der Waals surface area contributed by atoms with Crippen molar-refractivity contribution in [3.05, 3.63) is 23.9 Å². The fraction of sp³-hybridized carbons (Fsp3) is 0.542. The van der Waals surface area contributed by atoms with Gasteiger partial charge in [0.05, 0.1) is 17.7 Å². The number of alkyl carbamates (subject to hydrolysis) is 1. The number of methoxy groups -OCH3 is 1. The van der Waals surface area contributed by atoms with Gasteiger partial charge in [0.1, 0.15) is 16.2 Å². The highest BCUT2D eigenvalue weighted by molar-refractivity contribution is 7.89. The van der Waals surface area contributed by atoms with E-state index in [0.29, 0.717) is 22.8 Å². The summed E-state index contributed by atoms with van der Waals surface area (Å²) < 4.78 is 38.9. The Labute approximate surface area is 217 Å². The van der Waals surface area contributed by atoms with Crippen LogP contribution >= 0.6 is 11.3 Å². The standard InChI is InChI=1S/C24H36N4O6S2/c1-7-8-9-10-20(29)28-22-27-16(2)21(35-22)17-11-12-18(33-6)19(15-17)36(31,32)26-14-13-25-23(30)34-24(3,4)5/h11-12,15,26H,7-10,13-14H2,1-6H3,(H,25,30)(H,27,28,29). The quantitative estimate of drug-likeness (QED) is 0.338. The Bertz CT molecular complexity index is 1160. The number of unbranched alkanes of at least 4 members (excludes halogenated alkanes) is 2. The van der Waals surface area contributed by atoms with E-state index in [9.17, 15) is 18.0 Å². The number of sulfonamides is 1. The molecule has 10 nitrogen and oxygen atoms in total. The Morgan fingerprint density at radius 3 is 2.50 bits per heavy atom. The molecule has 0 saturated heterocycles. The SMILES string of the molecule is CCCCCC(=O)Nc1nc(C)c(-c2ccc(OC)c(S(=O)(=O)NCCNC(=O)OC(C)(C)C)c2)s1. The summed E-state index contributed by atoms with van der Waals surface area (Å²) in [6.45, 7) is 9.11. The summed E-state index contributed by atoms with van der Waals surface area (Å²) in [5, 5.41) is 5.80. The second-order valence-electron chi connectivity index (χ2n) is 9.13. The second-order valence-corrected chi connectivity index (χ2v) is 11.9. The molecule has 0 saturated carbocycles. The molecule has 0 radical (unpaired) electrons. The number of carbonyl (C=O) groups is 2. The fourth-order valence-corrected chi connectivity index (χ4v) is 5.41. The Balaban J connectivity index is 2.14. The Kier molecular flexibility index (Phi) is 10.7. The average molecular weight is 541 g/mol. The smallest absolute Gasteiger partial charge is 0.407 e. The summed E-state index contributed by atoms with van der Waals surface area (Å²) in [6.07, 6.45) is 2.64. The number of aromatic nitrogens is 1. The minimum absolute atomic E-state index is 0.0389. The van der Waals surface area contributed by atoms with Gasteiger partial charge in [0, 0.05) is 19.5 Å². The highest BCUT2D eigenvalue weighted by Crippen LogP contribution is 2.36. The lowest BCUT2D eigenvalue weighted by molar-refractivity contribution is -0.116. The number of anilines is 1. The van der Waals surface area contributed by atoms with Crippen LogP contribution in [-0.2, 0) is 19.6 Å². The van der Waals surface area contributed by atoms with Crippen molar-refractivity contribution in [3.63, 3.8) is 0 Å². The van der Waals surface area contributed by atoms with Crippen LogP contribution in [0.25, 0.3) is 10.4 Å². The van der Waals surface area contributed by atoms with Crippen LogP contribution in [-0.4, -0.2) is 51.2 Å². The number of aryl methyl sites for hydroxylation is 1. The van der Waals surface area contributed by atoms with E-state index in [1.165, 1.54) is 24.5 Å². The molecule has 1 aromatic carbocycles. The molecular weight excluding hydrogens is 504 g/mol. The highest BCUT2D eigenvalue weighted by atomic mass is 32.2. The van der Waals surface area contributed by atoms with Crippen LogP contribution in [0.2, 0.25) is 0 Å². The maximum Gasteiger partial charge on any atom is 0.407 e. The van der Waals surface area contributed by atoms with Crippen LogP contribution in [0.15, 0.2) is 23.1 Å². The Morgan fingerprint density at radius 1 is 1.14 bits per heavy atom. The van der Waals surface area contributed by atoms with Gasteiger partial charge >= 0.3 is 6.09 Å². The van der Waals surface area contributed by atoms with Gasteiger partial charge in [0.25, 0.3) is 0 Å². The molecular formula is C24H36N4O6S2. The number of amides is 2. The van der Waals surface area contributed by atoms with Crippen LogP contribution in [0.4, 0.5) is 9.93 Å². The number of hydrogen-bond donors (Lipinski definition) is 3. The first kappa shape index (κ1) is 29.5. The average Bonchev–Trinajstić information content (AvgIpc) is 3.15. The third-order valence-electron chi connectivity index (χ3n) is 4.85. The summed E-state index contributed by atoms with van der Waals surface area (Å²) in [7, 11) is -2.57. The van der Waals surface area contributed by atoms with Crippen LogP contribution in [0.1, 0.15) is 59.1 Å². The number of nitrogens with zero attached hydrogens (tertiary/aromatic N) is 1. The van der Waals surface area contributed by atoms with E-state index < -0.39 is 21.7 Å². The molecule has 0 unspecified atom stereocenters. The van der Waals surface area contributed by atoms with E-state index in [-0.39, 0.29) is 29.6 Å². The van der Waals surface area contributed by atoms with E-state index in [1.54, 1.807) is 39.8 Å². The zero-order chi connectivity index (χ0) is 26.9. The molecule has 0 spiro atoms. The van der Waals surface area contributed by atoms with Gasteiger partial charge in [-0.3, -0.25) is 4.79 Å². The van der Waals surface area contributed by atoms with E-state index >= 15 is 0 Å². The summed E-state index contributed by atoms with van der Waals surface area (Å²) in [6, 6.07) is 4.83. The fourth-order valence-electron chi connectivity index (χ4n) is 3.20. The molecule has 1 heterocycles. The maximum absolute atomic E-state index is 13.0. The zero-order valence-electron chi connectivity index (χ0n) is 21.7. The van der Waals surface area contributed by atoms with E-state index in [0.717, 1.165) is 24.1 Å². The van der Waals surface area contributed by atoms with E-state index in [1.807, 2.05) is 0 Å². The number of benzene rings is 1. The summed E-state index contributed by atoms with van der Waals surface area (Å²) in [4.78, 5) is 29.1. The maximum atomic E-state index is 13.0. The molecule has 0 aliphatic heterocycles. The van der Waals surface area contributed by atoms with Gasteiger partial charge in [-0.2, -0.15) is 0 Å². The summed E-state index contributed by atoms with van der Waals surface area (Å²) in [5.41, 5.74) is 0.653. The third-order valence-corrected chi connectivity index (χ3v) is 7.46. The lowest BCUT2D eigenvalue weighted by Crippen LogP contribution is -2.37. The van der Waals surface area contributed by atoms with Crippen molar-refractivity contribution in [2.24, 2.45) is 0 Å². The second kappa shape index (κ2) is 13.0. The van der Waals surface area contributed by atoms with Crippen LogP contribution in [0.3, 0.4) is 0 Å². The lowest BCUT2D eigenvalue weighted by atomic mass is 10.1. The normalized spacial score (nSPS) is 11.7. The largest absolute Gasteiger partial charge is 0.495 e. The van der Waals surface area contributed by atoms with Gasteiger partial charge in [0.15, 0.2) is 5.13 Å². The Morgan fingerprint density at radius 2 is 1.86 bits per heavy atom. The molecule has 0 aliphatic rings. The van der Waals surface area contributed by atoms with Crippen LogP contribution in [0, 0.1) is 6.92 Å². The number of nitrogens with one attached hydrogen (secondary N) is 3. The molecule has 0 fully saturated rings. The van der Waals surface area contributed by atoms with Crippen molar-refractivity contribution >= 4 is 38.5 Å². The number of thiazole rings is 1. The Hall–Kier alpha value is -2.70. The minimum Gasteiger partial charge on any atom is -0.495 e. The van der Waals surface area contributed by atoms with Gasteiger partial charge in [0.2, 0.25) is 15.9 Å². The number of carbonyl (C=O) groups excluding carboxylic acids is 2. The van der Waals surface area contributed by atoms with E-state index in [2.05, 4.69) is 27.3 Å². The van der Waals surface area contributed by atoms with Crippen LogP contribution in [0.5, 0.6) is 5.75 Å². The molecule has 0 atom stereocenters. The van der Waals surface area contributed by atoms with Crippen molar-refractivity contribution in [3.8, 4) is 16.2 Å². The summed E-state index contributed by atoms with van der Waals surface area (Å²) >= 11 is 1.28. The predicted octanol–water partition coefficient (Wildman–Crippen LogP) is 4.45. The zero-order valence-corrected chi connectivity index (χ0v) is 23.3. The van der Waals surface area contributed by atoms with Crippen molar-refractivity contribution < 1.29 is 27.5 Å². The molecule has 2 aromatic rings. The van der Waals surface area contributed by atoms with Crippen molar-refractivity contribution in [1.29, 1.82) is 0 Å². The molecule has 2 amide bonds. The summed E-state index contributed by atoms with van der Waals surface area (Å²) in [5.74, 6) is 0.0870. The number of ether oxygens (including phenoxy) is 2. The topological polar surface area (TPSA) is 136 Å². The first-order valence-electron chi connectivity index (χ1n) is 11.8. The first-order chi connectivity index (χ1) is 16.9. The van der Waals surface area contributed by atoms with E-state index in [4.69, 9.17) is 9.47 Å². The van der Waals surface area contributed by atoms with Gasteiger partial charge in [-0.15, -0.1) is 0 Å². The molecule has 200 valence electrons. The monoisotopic (exact) mass is 540 g/mol. The van der Waals surface area contributed by atoms with Crippen molar-refractivity contribution in [2.75, 3.05) is 25.5 Å². The molecule has 12 heteroatoms. The lowest BCUT2D eigenvalue weighted by Gasteiger charge is -2.19. The van der Waals surface area contributed by atoms with Crippen molar-refractivity contribution in [1.82, 2.24) is 15.0 Å².